The SMILES string of the molecule is CCCCOc1cccc(CCNCC(=O)N(C)C)c1.Cl. The first kappa shape index (κ1) is 19.7. The molecule has 0 bridgehead atoms. The molecule has 120 valence electrons. The Balaban J connectivity index is 0.00000400. The van der Waals surface area contributed by atoms with E-state index >= 15 is 0 Å². The second kappa shape index (κ2) is 11.4. The Hall–Kier alpha value is -1.26. The van der Waals surface area contributed by atoms with E-state index in [4.69, 9.17) is 4.74 Å². The number of carbonyl (C=O) groups is 1. The van der Waals surface area contributed by atoms with Crippen molar-refractivity contribution in [2.24, 2.45) is 0 Å². The minimum absolute atomic E-state index is 0. The van der Waals surface area contributed by atoms with Crippen molar-refractivity contribution in [3.05, 3.63) is 29.8 Å². The van der Waals surface area contributed by atoms with Gasteiger partial charge in [-0.15, -0.1) is 12.4 Å². The molecule has 0 fully saturated rings. The lowest BCUT2D eigenvalue weighted by Crippen LogP contribution is -2.33. The summed E-state index contributed by atoms with van der Waals surface area (Å²) in [7, 11) is 3.53. The van der Waals surface area contributed by atoms with Crippen molar-refractivity contribution in [1.82, 2.24) is 10.2 Å². The molecule has 4 nitrogen and oxygen atoms in total. The standard InChI is InChI=1S/C16H26N2O2.ClH/c1-4-5-11-20-15-8-6-7-14(12-15)9-10-17-13-16(19)18(2)3;/h6-8,12,17H,4-5,9-11,13H2,1-3H3;1H. The second-order valence-electron chi connectivity index (χ2n) is 5.06. The fraction of sp³-hybridized carbons (Fsp3) is 0.562. The molecule has 0 aliphatic heterocycles. The molecular formula is C16H27ClN2O2. The van der Waals surface area contributed by atoms with E-state index in [2.05, 4.69) is 24.4 Å². The number of carbonyl (C=O) groups excluding carboxylic acids is 1. The van der Waals surface area contributed by atoms with Gasteiger partial charge in [0.25, 0.3) is 0 Å². The van der Waals surface area contributed by atoms with E-state index < -0.39 is 0 Å². The minimum atomic E-state index is 0. The topological polar surface area (TPSA) is 41.6 Å². The third-order valence-corrected chi connectivity index (χ3v) is 3.03. The average molecular weight is 315 g/mol. The van der Waals surface area contributed by atoms with Gasteiger partial charge in [-0.1, -0.05) is 25.5 Å². The average Bonchev–Trinajstić information content (AvgIpc) is 2.44. The van der Waals surface area contributed by atoms with Gasteiger partial charge >= 0.3 is 0 Å². The molecule has 0 spiro atoms. The van der Waals surface area contributed by atoms with Gasteiger partial charge in [-0.3, -0.25) is 4.79 Å². The molecule has 0 saturated carbocycles. The lowest BCUT2D eigenvalue weighted by atomic mass is 10.1. The maximum atomic E-state index is 11.4. The largest absolute Gasteiger partial charge is 0.494 e. The Morgan fingerprint density at radius 2 is 2.10 bits per heavy atom. The van der Waals surface area contributed by atoms with Gasteiger partial charge in [-0.2, -0.15) is 0 Å². The molecule has 1 aromatic carbocycles. The van der Waals surface area contributed by atoms with Crippen molar-refractivity contribution in [2.45, 2.75) is 26.2 Å². The van der Waals surface area contributed by atoms with E-state index in [0.717, 1.165) is 38.2 Å². The summed E-state index contributed by atoms with van der Waals surface area (Å²) in [5.41, 5.74) is 1.23. The summed E-state index contributed by atoms with van der Waals surface area (Å²) < 4.78 is 5.68. The molecule has 1 aromatic rings. The minimum Gasteiger partial charge on any atom is -0.494 e. The molecule has 0 unspecified atom stereocenters. The highest BCUT2D eigenvalue weighted by molar-refractivity contribution is 5.85. The predicted molar refractivity (Wildman–Crippen MR) is 89.4 cm³/mol. The van der Waals surface area contributed by atoms with Crippen LogP contribution in [0.4, 0.5) is 0 Å². The van der Waals surface area contributed by atoms with Crippen molar-refractivity contribution in [1.29, 1.82) is 0 Å². The number of ether oxygens (including phenoxy) is 1. The summed E-state index contributed by atoms with van der Waals surface area (Å²) in [6.45, 7) is 4.10. The number of hydrogen-bond donors (Lipinski definition) is 1. The van der Waals surface area contributed by atoms with Gasteiger partial charge in [0.2, 0.25) is 5.91 Å². The number of likely N-dealkylation sites (N-methyl/N-ethyl adjacent to an activating group) is 1. The number of benzene rings is 1. The molecule has 21 heavy (non-hydrogen) atoms. The zero-order chi connectivity index (χ0) is 14.8. The fourth-order valence-electron chi connectivity index (χ4n) is 1.71. The molecular weight excluding hydrogens is 288 g/mol. The first-order chi connectivity index (χ1) is 9.63. The zero-order valence-electron chi connectivity index (χ0n) is 13.2. The van der Waals surface area contributed by atoms with Crippen molar-refractivity contribution in [3.8, 4) is 5.75 Å². The van der Waals surface area contributed by atoms with Crippen LogP contribution in [0.25, 0.3) is 0 Å². The summed E-state index contributed by atoms with van der Waals surface area (Å²) >= 11 is 0. The van der Waals surface area contributed by atoms with Gasteiger partial charge in [-0.05, 0) is 37.1 Å². The molecule has 0 aromatic heterocycles. The molecule has 1 amide bonds. The van der Waals surface area contributed by atoms with E-state index in [1.165, 1.54) is 5.56 Å². The lowest BCUT2D eigenvalue weighted by molar-refractivity contribution is -0.127. The molecule has 0 aliphatic rings. The second-order valence-corrected chi connectivity index (χ2v) is 5.06. The van der Waals surface area contributed by atoms with E-state index in [0.29, 0.717) is 6.54 Å². The zero-order valence-corrected chi connectivity index (χ0v) is 14.0. The molecule has 0 heterocycles. The van der Waals surface area contributed by atoms with Gasteiger partial charge in [0.15, 0.2) is 0 Å². The number of amides is 1. The van der Waals surface area contributed by atoms with E-state index in [1.807, 2.05) is 12.1 Å². The van der Waals surface area contributed by atoms with Crippen molar-refractivity contribution >= 4 is 18.3 Å². The highest BCUT2D eigenvalue weighted by Crippen LogP contribution is 2.14. The lowest BCUT2D eigenvalue weighted by Gasteiger charge is -2.11. The smallest absolute Gasteiger partial charge is 0.236 e. The molecule has 0 aliphatic carbocycles. The molecule has 0 saturated heterocycles. The van der Waals surface area contributed by atoms with Crippen LogP contribution in [0.3, 0.4) is 0 Å². The van der Waals surface area contributed by atoms with Crippen LogP contribution in [0.15, 0.2) is 24.3 Å². The summed E-state index contributed by atoms with van der Waals surface area (Å²) in [6.07, 6.45) is 3.12. The Morgan fingerprint density at radius 3 is 2.76 bits per heavy atom. The number of halogens is 1. The monoisotopic (exact) mass is 314 g/mol. The quantitative estimate of drug-likeness (QED) is 0.712. The molecule has 0 radical (unpaired) electrons. The summed E-state index contributed by atoms with van der Waals surface area (Å²) in [6, 6.07) is 8.16. The van der Waals surface area contributed by atoms with Gasteiger partial charge in [0.1, 0.15) is 5.75 Å². The summed E-state index contributed by atoms with van der Waals surface area (Å²) in [4.78, 5) is 13.0. The van der Waals surface area contributed by atoms with Crippen molar-refractivity contribution < 1.29 is 9.53 Å². The third-order valence-electron chi connectivity index (χ3n) is 3.03. The third kappa shape index (κ3) is 8.58. The molecule has 1 N–H and O–H groups in total. The summed E-state index contributed by atoms with van der Waals surface area (Å²) in [5.74, 6) is 1.03. The first-order valence-electron chi connectivity index (χ1n) is 7.26. The Bertz CT molecular complexity index is 411. The highest BCUT2D eigenvalue weighted by atomic mass is 35.5. The molecule has 0 atom stereocenters. The Morgan fingerprint density at radius 1 is 1.33 bits per heavy atom. The van der Waals surface area contributed by atoms with E-state index in [1.54, 1.807) is 19.0 Å². The van der Waals surface area contributed by atoms with Gasteiger partial charge in [0.05, 0.1) is 13.2 Å². The normalized spacial score (nSPS) is 9.86. The summed E-state index contributed by atoms with van der Waals surface area (Å²) in [5, 5.41) is 3.15. The predicted octanol–water partition coefficient (Wildman–Crippen LogP) is 2.51. The number of unbranched alkanes of at least 4 members (excludes halogenated alkanes) is 1. The van der Waals surface area contributed by atoms with Crippen LogP contribution in [0.5, 0.6) is 5.75 Å². The fourth-order valence-corrected chi connectivity index (χ4v) is 1.71. The highest BCUT2D eigenvalue weighted by Gasteiger charge is 2.02. The Kier molecular flexibility index (Phi) is 10.7. The van der Waals surface area contributed by atoms with Crippen LogP contribution in [-0.4, -0.2) is 44.6 Å². The first-order valence-corrected chi connectivity index (χ1v) is 7.26. The van der Waals surface area contributed by atoms with Crippen LogP contribution in [0.1, 0.15) is 25.3 Å². The number of rotatable bonds is 9. The van der Waals surface area contributed by atoms with E-state index in [9.17, 15) is 4.79 Å². The van der Waals surface area contributed by atoms with Crippen LogP contribution in [0, 0.1) is 0 Å². The number of nitrogens with one attached hydrogen (secondary N) is 1. The maximum absolute atomic E-state index is 11.4. The molecule has 5 heteroatoms. The number of hydrogen-bond acceptors (Lipinski definition) is 3. The number of nitrogens with zero attached hydrogens (tertiary/aromatic N) is 1. The van der Waals surface area contributed by atoms with Gasteiger partial charge in [0, 0.05) is 14.1 Å². The Labute approximate surface area is 134 Å². The van der Waals surface area contributed by atoms with Crippen LogP contribution in [-0.2, 0) is 11.2 Å². The maximum Gasteiger partial charge on any atom is 0.236 e. The van der Waals surface area contributed by atoms with Crippen LogP contribution >= 0.6 is 12.4 Å². The van der Waals surface area contributed by atoms with Crippen molar-refractivity contribution in [3.63, 3.8) is 0 Å². The van der Waals surface area contributed by atoms with Crippen LogP contribution < -0.4 is 10.1 Å². The van der Waals surface area contributed by atoms with Gasteiger partial charge < -0.3 is 15.0 Å². The van der Waals surface area contributed by atoms with E-state index in [-0.39, 0.29) is 18.3 Å². The van der Waals surface area contributed by atoms with Gasteiger partial charge in [-0.25, -0.2) is 0 Å². The van der Waals surface area contributed by atoms with Crippen LogP contribution in [0.2, 0.25) is 0 Å². The van der Waals surface area contributed by atoms with Crippen molar-refractivity contribution in [2.75, 3.05) is 33.8 Å². The molecule has 1 rings (SSSR count).